The standard InChI is InChI=1S/C18H17BrF4N4O3.ClH/c1-2-11(21)12(26-16(29)15-13(28)4-10(19)6-25-15)3-9(5-20)18(17(22)23)8-30-7-14(24)27-18;/h2-4,6,17,28H,1,5,7-8H2,(H2,24,27)(H,26,29);1H/b9-3+,12-11-;. The molecule has 1 aliphatic heterocycles. The molecule has 31 heavy (non-hydrogen) atoms. The van der Waals surface area contributed by atoms with Crippen LogP contribution >= 0.6 is 28.3 Å². The van der Waals surface area contributed by atoms with Gasteiger partial charge in [-0.1, -0.05) is 6.58 Å². The lowest BCUT2D eigenvalue weighted by molar-refractivity contribution is 0.00585. The molecule has 0 saturated carbocycles. The number of carbonyl (C=O) groups is 1. The van der Waals surface area contributed by atoms with Crippen LogP contribution in [0.25, 0.3) is 0 Å². The van der Waals surface area contributed by atoms with Gasteiger partial charge in [-0.05, 0) is 39.7 Å². The first kappa shape index (κ1) is 26.6. The van der Waals surface area contributed by atoms with E-state index in [1.165, 1.54) is 12.3 Å². The molecule has 4 N–H and O–H groups in total. The SMILES string of the molecule is C=C/C(F)=C(\C=C(/CF)C1(C(F)F)COCC(N)=N1)NC(=O)c1ncc(Br)cc1O.Cl. The molecule has 0 saturated heterocycles. The number of amidine groups is 1. The minimum Gasteiger partial charge on any atom is -0.505 e. The maximum absolute atomic E-state index is 14.3. The lowest BCUT2D eigenvalue weighted by Gasteiger charge is -2.34. The lowest BCUT2D eigenvalue weighted by atomic mass is 9.90. The minimum absolute atomic E-state index is 0. The van der Waals surface area contributed by atoms with E-state index in [-0.39, 0.29) is 24.8 Å². The van der Waals surface area contributed by atoms with Gasteiger partial charge in [-0.15, -0.1) is 12.4 Å². The lowest BCUT2D eigenvalue weighted by Crippen LogP contribution is -2.49. The average molecular weight is 530 g/mol. The molecule has 13 heteroatoms. The van der Waals surface area contributed by atoms with Crippen molar-refractivity contribution in [1.29, 1.82) is 0 Å². The maximum atomic E-state index is 14.3. The van der Waals surface area contributed by atoms with Crippen molar-refractivity contribution in [1.82, 2.24) is 10.3 Å². The molecule has 1 unspecified atom stereocenters. The van der Waals surface area contributed by atoms with Gasteiger partial charge in [0.05, 0.1) is 12.3 Å². The van der Waals surface area contributed by atoms with Gasteiger partial charge in [-0.25, -0.2) is 22.5 Å². The van der Waals surface area contributed by atoms with Crippen molar-refractivity contribution in [3.8, 4) is 5.75 Å². The number of pyridine rings is 1. The van der Waals surface area contributed by atoms with Crippen molar-refractivity contribution in [3.63, 3.8) is 0 Å². The van der Waals surface area contributed by atoms with Crippen molar-refractivity contribution in [2.45, 2.75) is 12.0 Å². The van der Waals surface area contributed by atoms with Crippen LogP contribution < -0.4 is 11.1 Å². The number of amides is 1. The zero-order chi connectivity index (χ0) is 22.5. The molecule has 0 radical (unpaired) electrons. The second kappa shape index (κ2) is 11.3. The maximum Gasteiger partial charge on any atom is 0.278 e. The van der Waals surface area contributed by atoms with Crippen LogP contribution in [0, 0.1) is 0 Å². The average Bonchev–Trinajstić information content (AvgIpc) is 2.69. The predicted molar refractivity (Wildman–Crippen MR) is 112 cm³/mol. The van der Waals surface area contributed by atoms with Gasteiger partial charge < -0.3 is 20.9 Å². The first-order valence-corrected chi connectivity index (χ1v) is 9.09. The van der Waals surface area contributed by atoms with Gasteiger partial charge in [-0.3, -0.25) is 9.79 Å². The highest BCUT2D eigenvalue weighted by Gasteiger charge is 2.46. The third kappa shape index (κ3) is 6.05. The van der Waals surface area contributed by atoms with Gasteiger partial charge in [0.25, 0.3) is 12.3 Å². The number of hydrogen-bond acceptors (Lipinski definition) is 6. The van der Waals surface area contributed by atoms with Gasteiger partial charge >= 0.3 is 0 Å². The van der Waals surface area contributed by atoms with E-state index in [1.54, 1.807) is 0 Å². The first-order chi connectivity index (χ1) is 14.1. The number of rotatable bonds is 7. The van der Waals surface area contributed by atoms with E-state index in [9.17, 15) is 27.5 Å². The van der Waals surface area contributed by atoms with E-state index in [4.69, 9.17) is 10.5 Å². The fourth-order valence-corrected chi connectivity index (χ4v) is 2.88. The summed E-state index contributed by atoms with van der Waals surface area (Å²) in [5.74, 6) is -3.04. The number of nitrogens with zero attached hydrogens (tertiary/aromatic N) is 2. The molecular formula is C18H18BrClF4N4O3. The van der Waals surface area contributed by atoms with E-state index in [0.29, 0.717) is 16.6 Å². The topological polar surface area (TPSA) is 110 Å². The Balaban J connectivity index is 0.00000480. The van der Waals surface area contributed by atoms with Crippen LogP contribution in [0.5, 0.6) is 5.75 Å². The van der Waals surface area contributed by atoms with Crippen LogP contribution in [0.3, 0.4) is 0 Å². The second-order valence-corrected chi connectivity index (χ2v) is 6.98. The number of nitrogens with one attached hydrogen (secondary N) is 1. The van der Waals surface area contributed by atoms with Crippen molar-refractivity contribution in [2.75, 3.05) is 19.9 Å². The largest absolute Gasteiger partial charge is 0.505 e. The molecule has 0 aromatic carbocycles. The highest BCUT2D eigenvalue weighted by atomic mass is 79.9. The number of allylic oxidation sites excluding steroid dienone is 3. The number of aliphatic imine (C=N–C) groups is 1. The van der Waals surface area contributed by atoms with Gasteiger partial charge in [0, 0.05) is 10.7 Å². The zero-order valence-corrected chi connectivity index (χ0v) is 18.2. The van der Waals surface area contributed by atoms with Crippen molar-refractivity contribution < 1.29 is 32.2 Å². The Bertz CT molecular complexity index is 942. The minimum atomic E-state index is -3.24. The molecule has 1 amide bonds. The van der Waals surface area contributed by atoms with E-state index in [2.05, 4.69) is 37.8 Å². The molecular weight excluding hydrogens is 512 g/mol. The van der Waals surface area contributed by atoms with Crippen LogP contribution in [0.1, 0.15) is 10.5 Å². The van der Waals surface area contributed by atoms with Crippen molar-refractivity contribution in [2.24, 2.45) is 10.7 Å². The van der Waals surface area contributed by atoms with E-state index in [1.807, 2.05) is 0 Å². The number of ether oxygens (including phenoxy) is 1. The molecule has 2 heterocycles. The van der Waals surface area contributed by atoms with Crippen LogP contribution in [0.2, 0.25) is 0 Å². The molecule has 2 rings (SSSR count). The molecule has 0 spiro atoms. The summed E-state index contributed by atoms with van der Waals surface area (Å²) in [7, 11) is 0. The van der Waals surface area contributed by atoms with Gasteiger partial charge in [0.2, 0.25) is 0 Å². The summed E-state index contributed by atoms with van der Waals surface area (Å²) in [6.07, 6.45) is -0.685. The Morgan fingerprint density at radius 2 is 2.19 bits per heavy atom. The van der Waals surface area contributed by atoms with Gasteiger partial charge in [0.15, 0.2) is 11.2 Å². The Morgan fingerprint density at radius 1 is 1.52 bits per heavy atom. The number of nitrogens with two attached hydrogens (primary N) is 1. The normalized spacial score (nSPS) is 19.8. The molecule has 0 aliphatic carbocycles. The summed E-state index contributed by atoms with van der Waals surface area (Å²) < 4.78 is 61.1. The van der Waals surface area contributed by atoms with Crippen LogP contribution in [0.4, 0.5) is 17.6 Å². The number of halogens is 6. The molecule has 0 bridgehead atoms. The summed E-state index contributed by atoms with van der Waals surface area (Å²) in [6.45, 7) is 0.819. The summed E-state index contributed by atoms with van der Waals surface area (Å²) >= 11 is 3.05. The predicted octanol–water partition coefficient (Wildman–Crippen LogP) is 3.36. The highest BCUT2D eigenvalue weighted by Crippen LogP contribution is 2.33. The Morgan fingerprint density at radius 3 is 2.71 bits per heavy atom. The number of carbonyl (C=O) groups excluding carboxylic acids is 1. The Labute approximate surface area is 189 Å². The summed E-state index contributed by atoms with van der Waals surface area (Å²) in [5, 5.41) is 11.9. The fourth-order valence-electron chi connectivity index (χ4n) is 2.56. The summed E-state index contributed by atoms with van der Waals surface area (Å²) in [5.41, 5.74) is 1.13. The quantitative estimate of drug-likeness (QED) is 0.371. The number of hydrogen-bond donors (Lipinski definition) is 3. The van der Waals surface area contributed by atoms with Gasteiger partial charge in [-0.2, -0.15) is 0 Å². The Hall–Kier alpha value is -2.44. The second-order valence-electron chi connectivity index (χ2n) is 6.07. The third-order valence-electron chi connectivity index (χ3n) is 4.03. The monoisotopic (exact) mass is 528 g/mol. The molecule has 1 atom stereocenters. The summed E-state index contributed by atoms with van der Waals surface area (Å²) in [4.78, 5) is 19.7. The Kier molecular flexibility index (Phi) is 9.66. The van der Waals surface area contributed by atoms with Crippen LogP contribution in [-0.2, 0) is 4.74 Å². The molecule has 1 aromatic heterocycles. The molecule has 170 valence electrons. The number of alkyl halides is 3. The summed E-state index contributed by atoms with van der Waals surface area (Å²) in [6, 6.07) is 1.17. The van der Waals surface area contributed by atoms with Crippen LogP contribution in [0.15, 0.2) is 57.6 Å². The third-order valence-corrected chi connectivity index (χ3v) is 4.46. The number of aromatic nitrogens is 1. The van der Waals surface area contributed by atoms with E-state index in [0.717, 1.165) is 0 Å². The molecule has 0 fully saturated rings. The molecule has 7 nitrogen and oxygen atoms in total. The van der Waals surface area contributed by atoms with Crippen LogP contribution in [-0.4, -0.2) is 53.7 Å². The fraction of sp³-hybridized carbons (Fsp3) is 0.278. The highest BCUT2D eigenvalue weighted by molar-refractivity contribution is 9.10. The van der Waals surface area contributed by atoms with Crippen molar-refractivity contribution >= 4 is 40.1 Å². The first-order valence-electron chi connectivity index (χ1n) is 8.29. The van der Waals surface area contributed by atoms with Crippen molar-refractivity contribution in [3.05, 3.63) is 58.3 Å². The molecule has 1 aliphatic rings. The number of aromatic hydroxyl groups is 1. The van der Waals surface area contributed by atoms with Gasteiger partial charge in [0.1, 0.15) is 30.7 Å². The van der Waals surface area contributed by atoms with E-state index < -0.39 is 59.7 Å². The smallest absolute Gasteiger partial charge is 0.278 e. The van der Waals surface area contributed by atoms with E-state index >= 15 is 0 Å². The zero-order valence-electron chi connectivity index (χ0n) is 15.7. The molecule has 1 aromatic rings.